The molecule has 1 fully saturated rings. The Hall–Kier alpha value is -1.18. The number of hydrogen-bond donors (Lipinski definition) is 0. The lowest BCUT2D eigenvalue weighted by molar-refractivity contribution is -0.671. The van der Waals surface area contributed by atoms with Crippen molar-refractivity contribution in [2.45, 2.75) is 57.8 Å². The van der Waals surface area contributed by atoms with Gasteiger partial charge < -0.3 is 0 Å². The smallest absolute Gasteiger partial charge is 0.173 e. The summed E-state index contributed by atoms with van der Waals surface area (Å²) in [5, 5.41) is 0. The van der Waals surface area contributed by atoms with Crippen molar-refractivity contribution in [2.24, 2.45) is 18.0 Å². The third-order valence-electron chi connectivity index (χ3n) is 4.61. The van der Waals surface area contributed by atoms with E-state index < -0.39 is 0 Å². The third-order valence-corrected chi connectivity index (χ3v) is 4.61. The second kappa shape index (κ2) is 5.85. The first kappa shape index (κ1) is 12.8. The zero-order chi connectivity index (χ0) is 13.1. The van der Waals surface area contributed by atoms with Gasteiger partial charge in [-0.25, -0.2) is 4.57 Å². The van der Waals surface area contributed by atoms with Gasteiger partial charge in [0.05, 0.1) is 5.69 Å². The van der Waals surface area contributed by atoms with Gasteiger partial charge >= 0.3 is 0 Å². The van der Waals surface area contributed by atoms with E-state index in [1.165, 1.54) is 74.7 Å². The highest BCUT2D eigenvalue weighted by atomic mass is 14.9. The summed E-state index contributed by atoms with van der Waals surface area (Å²) in [5.41, 5.74) is 4.13. The fourth-order valence-corrected chi connectivity index (χ4v) is 3.47. The molecule has 0 spiro atoms. The van der Waals surface area contributed by atoms with Crippen LogP contribution in [0.1, 0.15) is 56.9 Å². The lowest BCUT2D eigenvalue weighted by atomic mass is 9.86. The van der Waals surface area contributed by atoms with Crippen LogP contribution in [0.25, 0.3) is 0 Å². The summed E-state index contributed by atoms with van der Waals surface area (Å²) in [7, 11) is 2.11. The number of aryl methyl sites for hydroxylation is 1. The van der Waals surface area contributed by atoms with Gasteiger partial charge in [0.25, 0.3) is 0 Å². The fourth-order valence-electron chi connectivity index (χ4n) is 3.47. The molecule has 2 aliphatic rings. The van der Waals surface area contributed by atoms with Crippen molar-refractivity contribution >= 4 is 11.4 Å². The van der Waals surface area contributed by atoms with Crippen LogP contribution >= 0.6 is 0 Å². The normalized spacial score (nSPS) is 24.1. The Bertz CT molecular complexity index is 476. The standard InChI is InChI=1S/C17H25N2/c1-19-11-10-17-15(13-19)12-14-6-4-2-3-5-7-16(18-17)9-8-14/h10-11,13-14H,2-9,12H2,1H3/q+1. The molecule has 1 aliphatic carbocycles. The number of aliphatic imine (C=N–C) groups is 1. The van der Waals surface area contributed by atoms with Crippen LogP contribution in [0.5, 0.6) is 0 Å². The van der Waals surface area contributed by atoms with Crippen LogP contribution in [-0.4, -0.2) is 5.71 Å². The second-order valence-electron chi connectivity index (χ2n) is 6.26. The summed E-state index contributed by atoms with van der Waals surface area (Å²) in [6.07, 6.45) is 16.4. The van der Waals surface area contributed by atoms with Crippen molar-refractivity contribution < 1.29 is 4.57 Å². The first-order valence-corrected chi connectivity index (χ1v) is 7.86. The molecular formula is C17H25N2+. The van der Waals surface area contributed by atoms with E-state index in [0.717, 1.165) is 5.92 Å². The maximum Gasteiger partial charge on any atom is 0.173 e. The lowest BCUT2D eigenvalue weighted by Crippen LogP contribution is -2.28. The van der Waals surface area contributed by atoms with E-state index in [0.29, 0.717) is 0 Å². The quantitative estimate of drug-likeness (QED) is 0.627. The van der Waals surface area contributed by atoms with Crippen molar-refractivity contribution in [3.05, 3.63) is 24.0 Å². The van der Waals surface area contributed by atoms with Gasteiger partial charge in [-0.15, -0.1) is 0 Å². The first-order chi connectivity index (χ1) is 9.31. The molecule has 2 heterocycles. The molecule has 0 saturated heterocycles. The van der Waals surface area contributed by atoms with Gasteiger partial charge in [-0.05, 0) is 38.0 Å². The molecule has 1 unspecified atom stereocenters. The Balaban J connectivity index is 1.97. The number of hydrogen-bond acceptors (Lipinski definition) is 1. The van der Waals surface area contributed by atoms with Crippen molar-refractivity contribution in [3.8, 4) is 0 Å². The molecule has 2 heteroatoms. The maximum absolute atomic E-state index is 4.97. The summed E-state index contributed by atoms with van der Waals surface area (Å²) >= 11 is 0. The van der Waals surface area contributed by atoms with E-state index >= 15 is 0 Å². The highest BCUT2D eigenvalue weighted by Crippen LogP contribution is 2.31. The van der Waals surface area contributed by atoms with Crippen LogP contribution in [0.3, 0.4) is 0 Å². The van der Waals surface area contributed by atoms with Crippen LogP contribution in [0.4, 0.5) is 5.69 Å². The lowest BCUT2D eigenvalue weighted by Gasteiger charge is -2.22. The van der Waals surface area contributed by atoms with E-state index in [9.17, 15) is 0 Å². The number of pyridine rings is 1. The summed E-state index contributed by atoms with van der Waals surface area (Å²) in [4.78, 5) is 4.97. The predicted octanol–water partition coefficient (Wildman–Crippen LogP) is 3.89. The molecule has 1 saturated carbocycles. The average Bonchev–Trinajstić information content (AvgIpc) is 2.38. The molecule has 102 valence electrons. The molecule has 2 nitrogen and oxygen atoms in total. The number of nitrogens with zero attached hydrogens (tertiary/aromatic N) is 2. The maximum atomic E-state index is 4.97. The third kappa shape index (κ3) is 3.23. The SMILES string of the molecule is C[n+]1ccc2c(c1)CC1CCCCCCC(=N2)CC1. The Morgan fingerprint density at radius 3 is 2.95 bits per heavy atom. The Labute approximate surface area is 116 Å². The van der Waals surface area contributed by atoms with Crippen LogP contribution in [0, 0.1) is 5.92 Å². The van der Waals surface area contributed by atoms with Crippen molar-refractivity contribution in [1.82, 2.24) is 0 Å². The van der Waals surface area contributed by atoms with Crippen LogP contribution in [0.15, 0.2) is 23.5 Å². The zero-order valence-electron chi connectivity index (χ0n) is 12.1. The molecule has 2 bridgehead atoms. The van der Waals surface area contributed by atoms with Crippen LogP contribution in [-0.2, 0) is 13.5 Å². The van der Waals surface area contributed by atoms with E-state index in [-0.39, 0.29) is 0 Å². The minimum absolute atomic E-state index is 0.866. The van der Waals surface area contributed by atoms with Gasteiger partial charge in [0.1, 0.15) is 7.05 Å². The molecule has 19 heavy (non-hydrogen) atoms. The highest BCUT2D eigenvalue weighted by Gasteiger charge is 2.19. The summed E-state index contributed by atoms with van der Waals surface area (Å²) < 4.78 is 2.17. The average molecular weight is 257 g/mol. The molecular weight excluding hydrogens is 232 g/mol. The molecule has 0 N–H and O–H groups in total. The van der Waals surface area contributed by atoms with Gasteiger partial charge in [-0.2, -0.15) is 0 Å². The van der Waals surface area contributed by atoms with Crippen LogP contribution in [0.2, 0.25) is 0 Å². The van der Waals surface area contributed by atoms with E-state index in [1.54, 1.807) is 0 Å². The molecule has 1 atom stereocenters. The fraction of sp³-hybridized carbons (Fsp3) is 0.647. The van der Waals surface area contributed by atoms with Gasteiger partial charge in [0.15, 0.2) is 12.4 Å². The van der Waals surface area contributed by atoms with Gasteiger partial charge in [-0.3, -0.25) is 4.99 Å². The van der Waals surface area contributed by atoms with E-state index in [4.69, 9.17) is 4.99 Å². The summed E-state index contributed by atoms with van der Waals surface area (Å²) in [6.45, 7) is 0. The number of rotatable bonds is 0. The highest BCUT2D eigenvalue weighted by molar-refractivity contribution is 5.87. The van der Waals surface area contributed by atoms with Crippen molar-refractivity contribution in [3.63, 3.8) is 0 Å². The van der Waals surface area contributed by atoms with Crippen molar-refractivity contribution in [2.75, 3.05) is 0 Å². The Morgan fingerprint density at radius 1 is 1.11 bits per heavy atom. The number of aromatic nitrogens is 1. The Morgan fingerprint density at radius 2 is 2.00 bits per heavy atom. The summed E-state index contributed by atoms with van der Waals surface area (Å²) in [6, 6.07) is 2.20. The molecule has 0 amide bonds. The molecule has 3 rings (SSSR count). The number of fused-ring (bicyclic) bond motifs is 4. The molecule has 0 aromatic carbocycles. The molecule has 1 aliphatic heterocycles. The molecule has 0 radical (unpaired) electrons. The molecule has 1 aromatic heterocycles. The van der Waals surface area contributed by atoms with Crippen molar-refractivity contribution in [1.29, 1.82) is 0 Å². The molecule has 1 aromatic rings. The minimum atomic E-state index is 0.866. The minimum Gasteiger partial charge on any atom is -0.257 e. The predicted molar refractivity (Wildman–Crippen MR) is 78.8 cm³/mol. The first-order valence-electron chi connectivity index (χ1n) is 7.86. The topological polar surface area (TPSA) is 16.2 Å². The second-order valence-corrected chi connectivity index (χ2v) is 6.26. The Kier molecular flexibility index (Phi) is 3.95. The largest absolute Gasteiger partial charge is 0.257 e. The van der Waals surface area contributed by atoms with Gasteiger partial charge in [0, 0.05) is 17.3 Å². The van der Waals surface area contributed by atoms with E-state index in [1.807, 2.05) is 0 Å². The zero-order valence-corrected chi connectivity index (χ0v) is 12.1. The monoisotopic (exact) mass is 257 g/mol. The van der Waals surface area contributed by atoms with Gasteiger partial charge in [0.2, 0.25) is 0 Å². The van der Waals surface area contributed by atoms with Gasteiger partial charge in [-0.1, -0.05) is 25.7 Å². The van der Waals surface area contributed by atoms with Crippen LogP contribution < -0.4 is 4.57 Å². The van der Waals surface area contributed by atoms with E-state index in [2.05, 4.69) is 30.1 Å². The summed E-state index contributed by atoms with van der Waals surface area (Å²) in [5.74, 6) is 0.866.